The molecule has 0 aliphatic rings. The number of hydrogen-bond donors (Lipinski definition) is 1. The molecule has 1 N–H and O–H groups in total. The van der Waals surface area contributed by atoms with Gasteiger partial charge in [0.15, 0.2) is 0 Å². The van der Waals surface area contributed by atoms with E-state index >= 15 is 0 Å². The van der Waals surface area contributed by atoms with Gasteiger partial charge in [0.05, 0.1) is 0 Å². The first-order valence-electron chi connectivity index (χ1n) is 3.67. The van der Waals surface area contributed by atoms with Gasteiger partial charge in [-0.25, -0.2) is 0 Å². The minimum Gasteiger partial charge on any atom is -0.308 e. The predicted octanol–water partition coefficient (Wildman–Crippen LogP) is 3.34. The van der Waals surface area contributed by atoms with Crippen molar-refractivity contribution >= 4 is 34.9 Å². The quantitative estimate of drug-likeness (QED) is 0.630. The largest absolute Gasteiger partial charge is 0.308 e. The minimum absolute atomic E-state index is 0.969. The maximum absolute atomic E-state index is 7.02. The molecule has 0 amide bonds. The SMILES string of the molecule is C/C(C=N)=C/c1cccc(I)c1. The van der Waals surface area contributed by atoms with Gasteiger partial charge in [-0.1, -0.05) is 18.2 Å². The maximum atomic E-state index is 7.02. The van der Waals surface area contributed by atoms with Crippen LogP contribution in [0.2, 0.25) is 0 Å². The van der Waals surface area contributed by atoms with Crippen molar-refractivity contribution in [2.24, 2.45) is 0 Å². The van der Waals surface area contributed by atoms with Crippen LogP contribution in [-0.4, -0.2) is 6.21 Å². The minimum atomic E-state index is 0.969. The smallest absolute Gasteiger partial charge is 0.0207 e. The fourth-order valence-electron chi connectivity index (χ4n) is 0.901. The lowest BCUT2D eigenvalue weighted by Crippen LogP contribution is -1.78. The van der Waals surface area contributed by atoms with Gasteiger partial charge in [0, 0.05) is 9.78 Å². The van der Waals surface area contributed by atoms with E-state index < -0.39 is 0 Å². The molecular formula is C10H10IN. The molecule has 0 fully saturated rings. The predicted molar refractivity (Wildman–Crippen MR) is 61.6 cm³/mol. The van der Waals surface area contributed by atoms with Gasteiger partial charge in [0.1, 0.15) is 0 Å². The Bertz CT molecular complexity index is 315. The van der Waals surface area contributed by atoms with E-state index in [9.17, 15) is 0 Å². The van der Waals surface area contributed by atoms with Gasteiger partial charge < -0.3 is 5.41 Å². The molecule has 1 rings (SSSR count). The van der Waals surface area contributed by atoms with Crippen molar-refractivity contribution < 1.29 is 0 Å². The lowest BCUT2D eigenvalue weighted by molar-refractivity contribution is 1.51. The molecule has 1 nitrogen and oxygen atoms in total. The van der Waals surface area contributed by atoms with Crippen molar-refractivity contribution in [1.82, 2.24) is 0 Å². The molecule has 1 aromatic rings. The van der Waals surface area contributed by atoms with Crippen LogP contribution in [0, 0.1) is 8.98 Å². The number of hydrogen-bond acceptors (Lipinski definition) is 1. The molecular weight excluding hydrogens is 261 g/mol. The molecule has 0 radical (unpaired) electrons. The average molecular weight is 271 g/mol. The summed E-state index contributed by atoms with van der Waals surface area (Å²) in [7, 11) is 0. The van der Waals surface area contributed by atoms with E-state index in [4.69, 9.17) is 5.41 Å². The third kappa shape index (κ3) is 2.77. The van der Waals surface area contributed by atoms with Gasteiger partial charge in [0.2, 0.25) is 0 Å². The van der Waals surface area contributed by atoms with Crippen LogP contribution in [0.5, 0.6) is 0 Å². The molecule has 0 aromatic heterocycles. The van der Waals surface area contributed by atoms with E-state index in [0.717, 1.165) is 11.1 Å². The first kappa shape index (κ1) is 9.45. The average Bonchev–Trinajstić information content (AvgIpc) is 2.04. The monoisotopic (exact) mass is 271 g/mol. The van der Waals surface area contributed by atoms with Crippen LogP contribution < -0.4 is 0 Å². The Morgan fingerprint density at radius 2 is 2.25 bits per heavy atom. The van der Waals surface area contributed by atoms with Crippen molar-refractivity contribution in [1.29, 1.82) is 5.41 Å². The first-order valence-corrected chi connectivity index (χ1v) is 4.74. The number of nitrogens with one attached hydrogen (secondary N) is 1. The van der Waals surface area contributed by atoms with Crippen LogP contribution in [0.3, 0.4) is 0 Å². The first-order chi connectivity index (χ1) is 5.72. The summed E-state index contributed by atoms with van der Waals surface area (Å²) in [5.41, 5.74) is 2.12. The Kier molecular flexibility index (Phi) is 3.47. The summed E-state index contributed by atoms with van der Waals surface area (Å²) in [6, 6.07) is 8.20. The standard InChI is InChI=1S/C10H10IN/c1-8(7-12)5-9-3-2-4-10(11)6-9/h2-7,12H,1H3/b8-5-,12-7?. The van der Waals surface area contributed by atoms with Crippen LogP contribution in [0.4, 0.5) is 0 Å². The molecule has 0 unspecified atom stereocenters. The molecule has 0 saturated carbocycles. The molecule has 0 aliphatic carbocycles. The van der Waals surface area contributed by atoms with E-state index in [2.05, 4.69) is 34.7 Å². The number of benzene rings is 1. The molecule has 0 heterocycles. The van der Waals surface area contributed by atoms with Gasteiger partial charge in [-0.2, -0.15) is 0 Å². The van der Waals surface area contributed by atoms with Crippen molar-refractivity contribution in [3.05, 3.63) is 39.0 Å². The fraction of sp³-hybridized carbons (Fsp3) is 0.100. The van der Waals surface area contributed by atoms with E-state index in [1.54, 1.807) is 0 Å². The van der Waals surface area contributed by atoms with Gasteiger partial charge in [-0.3, -0.25) is 0 Å². The Hall–Kier alpha value is -0.640. The molecule has 0 bridgehead atoms. The normalized spacial score (nSPS) is 11.3. The Balaban J connectivity index is 2.97. The van der Waals surface area contributed by atoms with E-state index in [1.807, 2.05) is 25.1 Å². The highest BCUT2D eigenvalue weighted by Gasteiger charge is 1.89. The zero-order valence-corrected chi connectivity index (χ0v) is 9.00. The molecule has 0 atom stereocenters. The van der Waals surface area contributed by atoms with Gasteiger partial charge in [-0.05, 0) is 52.8 Å². The molecule has 62 valence electrons. The van der Waals surface area contributed by atoms with Gasteiger partial charge in [-0.15, -0.1) is 0 Å². The van der Waals surface area contributed by atoms with E-state index in [0.29, 0.717) is 0 Å². The van der Waals surface area contributed by atoms with Crippen molar-refractivity contribution in [2.75, 3.05) is 0 Å². The van der Waals surface area contributed by atoms with Crippen LogP contribution in [-0.2, 0) is 0 Å². The van der Waals surface area contributed by atoms with Crippen LogP contribution >= 0.6 is 22.6 Å². The zero-order chi connectivity index (χ0) is 8.97. The fourth-order valence-corrected chi connectivity index (χ4v) is 1.47. The lowest BCUT2D eigenvalue weighted by atomic mass is 10.1. The topological polar surface area (TPSA) is 23.9 Å². The molecule has 0 aliphatic heterocycles. The summed E-state index contributed by atoms with van der Waals surface area (Å²) in [6.07, 6.45) is 3.36. The summed E-state index contributed by atoms with van der Waals surface area (Å²) in [5, 5.41) is 7.02. The molecule has 0 saturated heterocycles. The Morgan fingerprint density at radius 1 is 1.50 bits per heavy atom. The third-order valence-electron chi connectivity index (χ3n) is 1.47. The maximum Gasteiger partial charge on any atom is 0.0207 e. The second kappa shape index (κ2) is 4.40. The lowest BCUT2D eigenvalue weighted by Gasteiger charge is -1.95. The third-order valence-corrected chi connectivity index (χ3v) is 2.14. The van der Waals surface area contributed by atoms with E-state index in [1.165, 1.54) is 9.78 Å². The molecule has 1 aromatic carbocycles. The number of allylic oxidation sites excluding steroid dienone is 1. The second-order valence-electron chi connectivity index (χ2n) is 2.59. The Labute approximate surface area is 86.1 Å². The van der Waals surface area contributed by atoms with Gasteiger partial charge in [0.25, 0.3) is 0 Å². The van der Waals surface area contributed by atoms with E-state index in [-0.39, 0.29) is 0 Å². The van der Waals surface area contributed by atoms with Crippen LogP contribution in [0.15, 0.2) is 29.8 Å². The van der Waals surface area contributed by atoms with Crippen molar-refractivity contribution in [3.8, 4) is 0 Å². The van der Waals surface area contributed by atoms with Crippen LogP contribution in [0.25, 0.3) is 6.08 Å². The summed E-state index contributed by atoms with van der Waals surface area (Å²) < 4.78 is 1.22. The molecule has 0 spiro atoms. The second-order valence-corrected chi connectivity index (χ2v) is 3.83. The number of halogens is 1. The van der Waals surface area contributed by atoms with Crippen LogP contribution in [0.1, 0.15) is 12.5 Å². The highest BCUT2D eigenvalue weighted by molar-refractivity contribution is 14.1. The summed E-state index contributed by atoms with van der Waals surface area (Å²) >= 11 is 2.28. The molecule has 2 heteroatoms. The van der Waals surface area contributed by atoms with Gasteiger partial charge >= 0.3 is 0 Å². The highest BCUT2D eigenvalue weighted by Crippen LogP contribution is 2.10. The molecule has 12 heavy (non-hydrogen) atoms. The summed E-state index contributed by atoms with van der Waals surface area (Å²) in [4.78, 5) is 0. The summed E-state index contributed by atoms with van der Waals surface area (Å²) in [5.74, 6) is 0. The Morgan fingerprint density at radius 3 is 2.83 bits per heavy atom. The zero-order valence-electron chi connectivity index (χ0n) is 6.84. The number of rotatable bonds is 2. The summed E-state index contributed by atoms with van der Waals surface area (Å²) in [6.45, 7) is 1.92. The van der Waals surface area contributed by atoms with Crippen molar-refractivity contribution in [3.63, 3.8) is 0 Å². The van der Waals surface area contributed by atoms with Crippen molar-refractivity contribution in [2.45, 2.75) is 6.92 Å². The highest BCUT2D eigenvalue weighted by atomic mass is 127.